The third-order valence-electron chi connectivity index (χ3n) is 6.02. The Morgan fingerprint density at radius 2 is 1.34 bits per heavy atom. The van der Waals surface area contributed by atoms with E-state index in [9.17, 15) is 0 Å². The van der Waals surface area contributed by atoms with Gasteiger partial charge in [0, 0.05) is 33.9 Å². The molecule has 0 fully saturated rings. The molecule has 0 spiro atoms. The third kappa shape index (κ3) is 3.05. The smallest absolute Gasteiger partial charge is 0.0562 e. The van der Waals surface area contributed by atoms with Crippen LogP contribution in [-0.4, -0.2) is 4.57 Å². The van der Waals surface area contributed by atoms with Crippen molar-refractivity contribution in [3.63, 3.8) is 0 Å². The quantitative estimate of drug-likeness (QED) is 0.297. The van der Waals surface area contributed by atoms with Gasteiger partial charge in [0.05, 0.1) is 11.0 Å². The molecule has 0 aliphatic carbocycles. The summed E-state index contributed by atoms with van der Waals surface area (Å²) in [6.07, 6.45) is 12.4. The van der Waals surface area contributed by atoms with Crippen LogP contribution >= 0.6 is 0 Å². The maximum Gasteiger partial charge on any atom is 0.0562 e. The van der Waals surface area contributed by atoms with Crippen LogP contribution in [-0.2, 0) is 0 Å². The van der Waals surface area contributed by atoms with Crippen LogP contribution in [0.2, 0.25) is 0 Å². The molecule has 5 aromatic rings. The van der Waals surface area contributed by atoms with Gasteiger partial charge >= 0.3 is 0 Å². The average molecular weight is 411 g/mol. The fourth-order valence-corrected chi connectivity index (χ4v) is 4.58. The van der Waals surface area contributed by atoms with Gasteiger partial charge in [0.1, 0.15) is 0 Å². The first kappa shape index (κ1) is 18.5. The van der Waals surface area contributed by atoms with Crippen molar-refractivity contribution >= 4 is 33.6 Å². The van der Waals surface area contributed by atoms with Crippen LogP contribution in [0.3, 0.4) is 0 Å². The predicted octanol–water partition coefficient (Wildman–Crippen LogP) is 7.96. The largest absolute Gasteiger partial charge is 0.361 e. The van der Waals surface area contributed by atoms with Gasteiger partial charge in [-0.3, -0.25) is 0 Å². The number of rotatable bonds is 1. The lowest BCUT2D eigenvalue weighted by Crippen LogP contribution is -1.96. The minimum absolute atomic E-state index is 1.09. The molecule has 1 aliphatic heterocycles. The molecule has 0 saturated heterocycles. The second kappa shape index (κ2) is 7.75. The van der Waals surface area contributed by atoms with E-state index in [1.165, 1.54) is 38.5 Å². The summed E-state index contributed by atoms with van der Waals surface area (Å²) in [5, 5.41) is 6.05. The van der Waals surface area contributed by atoms with Crippen molar-refractivity contribution in [3.8, 4) is 16.8 Å². The average Bonchev–Trinajstić information content (AvgIpc) is 3.15. The second-order valence-corrected chi connectivity index (χ2v) is 7.94. The maximum atomic E-state index is 3.54. The van der Waals surface area contributed by atoms with Crippen molar-refractivity contribution in [2.75, 3.05) is 5.32 Å². The van der Waals surface area contributed by atoms with Crippen molar-refractivity contribution in [3.05, 3.63) is 127 Å². The summed E-state index contributed by atoms with van der Waals surface area (Å²) in [6, 6.07) is 32.4. The summed E-state index contributed by atoms with van der Waals surface area (Å²) in [5.74, 6) is 0. The van der Waals surface area contributed by atoms with Crippen LogP contribution in [0.1, 0.15) is 5.56 Å². The minimum atomic E-state index is 1.09. The summed E-state index contributed by atoms with van der Waals surface area (Å²) in [4.78, 5) is 0. The fourth-order valence-electron chi connectivity index (χ4n) is 4.58. The van der Waals surface area contributed by atoms with E-state index in [4.69, 9.17) is 0 Å². The summed E-state index contributed by atoms with van der Waals surface area (Å²) < 4.78 is 2.35. The van der Waals surface area contributed by atoms with E-state index in [1.54, 1.807) is 0 Å². The van der Waals surface area contributed by atoms with Gasteiger partial charge < -0.3 is 9.88 Å². The summed E-state index contributed by atoms with van der Waals surface area (Å²) in [6.45, 7) is 0. The van der Waals surface area contributed by atoms with Gasteiger partial charge in [-0.1, -0.05) is 85.0 Å². The molecule has 2 heteroatoms. The zero-order chi connectivity index (χ0) is 21.3. The topological polar surface area (TPSA) is 17.0 Å². The third-order valence-corrected chi connectivity index (χ3v) is 6.02. The highest BCUT2D eigenvalue weighted by Gasteiger charge is 2.16. The molecular weight excluding hydrogens is 388 g/mol. The number of nitrogens with one attached hydrogen (secondary N) is 1. The highest BCUT2D eigenvalue weighted by molar-refractivity contribution is 6.12. The number of hydrogen-bond acceptors (Lipinski definition) is 1. The molecular formula is C30H22N2. The number of anilines is 1. The number of para-hydroxylation sites is 2. The van der Waals surface area contributed by atoms with E-state index < -0.39 is 0 Å². The van der Waals surface area contributed by atoms with E-state index >= 15 is 0 Å². The molecule has 2 nitrogen and oxygen atoms in total. The Labute approximate surface area is 187 Å². The SMILES string of the molecule is C1=C\C=C\Nc2cc3c(cc2-c2ccccc2\C=C/1)c1ccccc1n3-c1ccccc1. The molecule has 0 unspecified atom stereocenters. The molecule has 0 radical (unpaired) electrons. The molecule has 0 saturated carbocycles. The minimum Gasteiger partial charge on any atom is -0.361 e. The molecule has 4 aromatic carbocycles. The first-order valence-electron chi connectivity index (χ1n) is 10.9. The standard InChI is InChI=1S/C30H22N2/c1-2-11-19-31-28-21-30-27(20-26(28)24-16-8-7-13-22(24)12-4-1)25-17-9-10-18-29(25)32(30)23-14-5-3-6-15-23/h1-21,31H/b2-1-,12-4-,19-11+. The summed E-state index contributed by atoms with van der Waals surface area (Å²) in [7, 11) is 0. The normalized spacial score (nSPS) is 15.9. The van der Waals surface area contributed by atoms with Gasteiger partial charge in [-0.05, 0) is 47.5 Å². The summed E-state index contributed by atoms with van der Waals surface area (Å²) in [5.41, 5.74) is 8.27. The van der Waals surface area contributed by atoms with E-state index in [0.29, 0.717) is 0 Å². The lowest BCUT2D eigenvalue weighted by atomic mass is 9.96. The van der Waals surface area contributed by atoms with Gasteiger partial charge in [-0.15, -0.1) is 0 Å². The van der Waals surface area contributed by atoms with Crippen LogP contribution in [0.25, 0.3) is 44.7 Å². The van der Waals surface area contributed by atoms with Crippen molar-refractivity contribution in [2.45, 2.75) is 0 Å². The van der Waals surface area contributed by atoms with Crippen molar-refractivity contribution in [2.24, 2.45) is 0 Å². The lowest BCUT2D eigenvalue weighted by Gasteiger charge is -2.14. The van der Waals surface area contributed by atoms with Gasteiger partial charge in [-0.25, -0.2) is 0 Å². The van der Waals surface area contributed by atoms with Gasteiger partial charge in [0.2, 0.25) is 0 Å². The van der Waals surface area contributed by atoms with E-state index in [-0.39, 0.29) is 0 Å². The van der Waals surface area contributed by atoms with Crippen molar-refractivity contribution in [1.82, 2.24) is 4.57 Å². The number of nitrogens with zero attached hydrogens (tertiary/aromatic N) is 1. The number of hydrogen-bond donors (Lipinski definition) is 1. The Balaban J connectivity index is 1.73. The van der Waals surface area contributed by atoms with Gasteiger partial charge in [0.25, 0.3) is 0 Å². The van der Waals surface area contributed by atoms with Crippen molar-refractivity contribution in [1.29, 1.82) is 0 Å². The number of fused-ring (bicyclic) bond motifs is 6. The molecule has 0 amide bonds. The molecule has 152 valence electrons. The molecule has 1 N–H and O–H groups in total. The zero-order valence-electron chi connectivity index (χ0n) is 17.6. The van der Waals surface area contributed by atoms with E-state index in [0.717, 1.165) is 11.4 Å². The lowest BCUT2D eigenvalue weighted by molar-refractivity contribution is 1.18. The monoisotopic (exact) mass is 410 g/mol. The second-order valence-electron chi connectivity index (χ2n) is 7.94. The molecule has 2 heterocycles. The van der Waals surface area contributed by atoms with E-state index in [1.807, 2.05) is 18.4 Å². The van der Waals surface area contributed by atoms with Crippen LogP contribution in [0, 0.1) is 0 Å². The Bertz CT molecular complexity index is 1530. The van der Waals surface area contributed by atoms with Crippen LogP contribution in [0.5, 0.6) is 0 Å². The first-order valence-corrected chi connectivity index (χ1v) is 10.9. The van der Waals surface area contributed by atoms with Gasteiger partial charge in [-0.2, -0.15) is 0 Å². The Morgan fingerprint density at radius 3 is 2.28 bits per heavy atom. The molecule has 0 bridgehead atoms. The number of allylic oxidation sites excluding steroid dienone is 4. The van der Waals surface area contributed by atoms with Crippen LogP contribution < -0.4 is 5.32 Å². The number of benzene rings is 4. The predicted molar refractivity (Wildman–Crippen MR) is 137 cm³/mol. The van der Waals surface area contributed by atoms with Crippen LogP contribution in [0.15, 0.2) is 121 Å². The maximum absolute atomic E-state index is 3.54. The highest BCUT2D eigenvalue weighted by Crippen LogP contribution is 2.40. The highest BCUT2D eigenvalue weighted by atomic mass is 15.0. The number of aromatic nitrogens is 1. The molecule has 0 atom stereocenters. The van der Waals surface area contributed by atoms with E-state index in [2.05, 4.69) is 119 Å². The fraction of sp³-hybridized carbons (Fsp3) is 0. The Hall–Kier alpha value is -4.30. The van der Waals surface area contributed by atoms with Crippen molar-refractivity contribution < 1.29 is 0 Å². The summed E-state index contributed by atoms with van der Waals surface area (Å²) >= 11 is 0. The van der Waals surface area contributed by atoms with Gasteiger partial charge in [0.15, 0.2) is 0 Å². The first-order chi connectivity index (χ1) is 15.9. The molecule has 6 rings (SSSR count). The molecule has 1 aliphatic rings. The molecule has 32 heavy (non-hydrogen) atoms. The molecule has 1 aromatic heterocycles. The Kier molecular flexibility index (Phi) is 4.47. The zero-order valence-corrected chi connectivity index (χ0v) is 17.6. The van der Waals surface area contributed by atoms with Crippen LogP contribution in [0.4, 0.5) is 5.69 Å². The Morgan fingerprint density at radius 1 is 0.562 bits per heavy atom.